The molecule has 2 aromatic rings. The minimum Gasteiger partial charge on any atom is -0.143 e. The van der Waals surface area contributed by atoms with Gasteiger partial charge in [0.1, 0.15) is 0 Å². The molecule has 1 heterocycles. The smallest absolute Gasteiger partial charge is 0.0629 e. The molecule has 0 bridgehead atoms. The summed E-state index contributed by atoms with van der Waals surface area (Å²) >= 11 is 15.9. The van der Waals surface area contributed by atoms with E-state index in [0.29, 0.717) is 5.88 Å². The zero-order valence-corrected chi connectivity index (χ0v) is 11.0. The number of rotatable bonds is 1. The zero-order chi connectivity index (χ0) is 9.42. The lowest BCUT2D eigenvalue weighted by atomic mass is 10.2. The Kier molecular flexibility index (Phi) is 3.03. The molecule has 0 saturated carbocycles. The molecule has 0 fully saturated rings. The first-order valence-electron chi connectivity index (χ1n) is 3.64. The Morgan fingerprint density at radius 3 is 2.85 bits per heavy atom. The average molecular weight is 343 g/mol. The van der Waals surface area contributed by atoms with Gasteiger partial charge in [-0.15, -0.1) is 22.9 Å². The van der Waals surface area contributed by atoms with Crippen molar-refractivity contribution in [2.45, 2.75) is 5.88 Å². The molecule has 4 heteroatoms. The van der Waals surface area contributed by atoms with Crippen LogP contribution in [0.15, 0.2) is 17.5 Å². The summed E-state index contributed by atoms with van der Waals surface area (Å²) in [4.78, 5) is 0. The first kappa shape index (κ1) is 10.0. The summed E-state index contributed by atoms with van der Waals surface area (Å²) in [5, 5.41) is 4.02. The van der Waals surface area contributed by atoms with E-state index in [-0.39, 0.29) is 0 Å². The molecule has 0 spiro atoms. The quantitative estimate of drug-likeness (QED) is 0.511. The number of fused-ring (bicyclic) bond motifs is 1. The fourth-order valence-corrected chi connectivity index (χ4v) is 3.28. The van der Waals surface area contributed by atoms with Crippen molar-refractivity contribution in [2.75, 3.05) is 0 Å². The van der Waals surface area contributed by atoms with E-state index in [9.17, 15) is 0 Å². The standard InChI is InChI=1S/C9H5Cl2IS/c10-3-5-4-13-7-2-1-6(12)9(11)8(5)7/h1-2,4H,3H2. The molecule has 0 nitrogen and oxygen atoms in total. The lowest BCUT2D eigenvalue weighted by molar-refractivity contribution is 1.49. The first-order valence-corrected chi connectivity index (χ1v) is 6.51. The second kappa shape index (κ2) is 3.93. The van der Waals surface area contributed by atoms with Crippen molar-refractivity contribution >= 4 is 67.2 Å². The van der Waals surface area contributed by atoms with Crippen molar-refractivity contribution < 1.29 is 0 Å². The van der Waals surface area contributed by atoms with Gasteiger partial charge in [-0.3, -0.25) is 0 Å². The second-order valence-electron chi connectivity index (χ2n) is 2.63. The van der Waals surface area contributed by atoms with E-state index in [1.165, 1.54) is 4.70 Å². The molecule has 0 N–H and O–H groups in total. The van der Waals surface area contributed by atoms with E-state index in [1.807, 2.05) is 6.07 Å². The first-order chi connectivity index (χ1) is 6.24. The van der Waals surface area contributed by atoms with E-state index in [2.05, 4.69) is 34.0 Å². The molecule has 2 rings (SSSR count). The van der Waals surface area contributed by atoms with E-state index in [0.717, 1.165) is 19.5 Å². The van der Waals surface area contributed by atoms with E-state index < -0.39 is 0 Å². The molecule has 0 amide bonds. The average Bonchev–Trinajstić information content (AvgIpc) is 2.55. The van der Waals surface area contributed by atoms with Crippen molar-refractivity contribution in [1.82, 2.24) is 0 Å². The zero-order valence-electron chi connectivity index (χ0n) is 6.48. The molecule has 1 aromatic carbocycles. The number of benzene rings is 1. The molecule has 0 atom stereocenters. The van der Waals surface area contributed by atoms with Crippen LogP contribution < -0.4 is 0 Å². The summed E-state index contributed by atoms with van der Waals surface area (Å²) in [5.74, 6) is 0.528. The summed E-state index contributed by atoms with van der Waals surface area (Å²) in [6.45, 7) is 0. The number of hydrogen-bond donors (Lipinski definition) is 0. The van der Waals surface area contributed by atoms with Crippen LogP contribution in [0.4, 0.5) is 0 Å². The number of alkyl halides is 1. The molecule has 0 aliphatic heterocycles. The maximum atomic E-state index is 6.19. The Hall–Kier alpha value is 0.490. The Bertz CT molecular complexity index is 450. The van der Waals surface area contributed by atoms with Crippen LogP contribution >= 0.6 is 57.1 Å². The number of thiophene rings is 1. The van der Waals surface area contributed by atoms with Crippen LogP contribution in [0.2, 0.25) is 5.02 Å². The van der Waals surface area contributed by atoms with E-state index in [4.69, 9.17) is 23.2 Å². The third-order valence-electron chi connectivity index (χ3n) is 1.85. The van der Waals surface area contributed by atoms with Gasteiger partial charge in [0.15, 0.2) is 0 Å². The van der Waals surface area contributed by atoms with Gasteiger partial charge in [-0.05, 0) is 45.7 Å². The van der Waals surface area contributed by atoms with Crippen LogP contribution in [0.5, 0.6) is 0 Å². The highest BCUT2D eigenvalue weighted by atomic mass is 127. The van der Waals surface area contributed by atoms with Crippen molar-refractivity contribution in [2.24, 2.45) is 0 Å². The third-order valence-corrected chi connectivity index (χ3v) is 4.74. The van der Waals surface area contributed by atoms with Gasteiger partial charge < -0.3 is 0 Å². The Morgan fingerprint density at radius 1 is 1.38 bits per heavy atom. The minimum atomic E-state index is 0.528. The van der Waals surface area contributed by atoms with Crippen LogP contribution in [0.25, 0.3) is 10.1 Å². The molecular formula is C9H5Cl2IS. The largest absolute Gasteiger partial charge is 0.143 e. The van der Waals surface area contributed by atoms with Crippen molar-refractivity contribution in [3.05, 3.63) is 31.7 Å². The van der Waals surface area contributed by atoms with Gasteiger partial charge in [-0.25, -0.2) is 0 Å². The monoisotopic (exact) mass is 342 g/mol. The van der Waals surface area contributed by atoms with Gasteiger partial charge in [-0.2, -0.15) is 0 Å². The molecule has 13 heavy (non-hydrogen) atoms. The molecular weight excluding hydrogens is 338 g/mol. The van der Waals surface area contributed by atoms with Gasteiger partial charge in [0.2, 0.25) is 0 Å². The molecule has 0 radical (unpaired) electrons. The van der Waals surface area contributed by atoms with Crippen molar-refractivity contribution in [3.8, 4) is 0 Å². The summed E-state index contributed by atoms with van der Waals surface area (Å²) in [6, 6.07) is 4.11. The van der Waals surface area contributed by atoms with Crippen molar-refractivity contribution in [1.29, 1.82) is 0 Å². The highest BCUT2D eigenvalue weighted by Crippen LogP contribution is 2.35. The molecule has 68 valence electrons. The highest BCUT2D eigenvalue weighted by Gasteiger charge is 2.09. The predicted molar refractivity (Wildman–Crippen MR) is 69.1 cm³/mol. The molecule has 1 aromatic heterocycles. The van der Waals surface area contributed by atoms with Crippen molar-refractivity contribution in [3.63, 3.8) is 0 Å². The van der Waals surface area contributed by atoms with Gasteiger partial charge in [0, 0.05) is 19.5 Å². The van der Waals surface area contributed by atoms with Gasteiger partial charge in [0.05, 0.1) is 5.02 Å². The van der Waals surface area contributed by atoms with E-state index in [1.54, 1.807) is 11.3 Å². The Balaban J connectivity index is 2.85. The lowest BCUT2D eigenvalue weighted by Crippen LogP contribution is -1.78. The lowest BCUT2D eigenvalue weighted by Gasteiger charge is -1.99. The normalized spacial score (nSPS) is 11.0. The highest BCUT2D eigenvalue weighted by molar-refractivity contribution is 14.1. The topological polar surface area (TPSA) is 0 Å². The number of hydrogen-bond acceptors (Lipinski definition) is 1. The summed E-state index contributed by atoms with van der Waals surface area (Å²) < 4.78 is 2.29. The molecule has 0 aliphatic rings. The SMILES string of the molecule is ClCc1csc2ccc(I)c(Cl)c12. The molecule has 0 saturated heterocycles. The third kappa shape index (κ3) is 1.69. The summed E-state index contributed by atoms with van der Waals surface area (Å²) in [7, 11) is 0. The maximum Gasteiger partial charge on any atom is 0.0629 e. The maximum absolute atomic E-state index is 6.19. The van der Waals surface area contributed by atoms with Crippen LogP contribution in [0.1, 0.15) is 5.56 Å². The van der Waals surface area contributed by atoms with Gasteiger partial charge in [0.25, 0.3) is 0 Å². The van der Waals surface area contributed by atoms with Crippen LogP contribution in [0.3, 0.4) is 0 Å². The van der Waals surface area contributed by atoms with Crippen LogP contribution in [-0.2, 0) is 5.88 Å². The predicted octanol–water partition coefficient (Wildman–Crippen LogP) is 4.90. The van der Waals surface area contributed by atoms with Gasteiger partial charge in [-0.1, -0.05) is 11.6 Å². The Labute approximate surface area is 104 Å². The fourth-order valence-electron chi connectivity index (χ4n) is 1.22. The molecule has 0 aliphatic carbocycles. The van der Waals surface area contributed by atoms with Crippen LogP contribution in [-0.4, -0.2) is 0 Å². The van der Waals surface area contributed by atoms with Crippen LogP contribution in [0, 0.1) is 3.57 Å². The van der Waals surface area contributed by atoms with E-state index >= 15 is 0 Å². The molecule has 0 unspecified atom stereocenters. The minimum absolute atomic E-state index is 0.528. The Morgan fingerprint density at radius 2 is 2.15 bits per heavy atom. The second-order valence-corrected chi connectivity index (χ2v) is 5.35. The summed E-state index contributed by atoms with van der Waals surface area (Å²) in [6.07, 6.45) is 0. The van der Waals surface area contributed by atoms with Gasteiger partial charge >= 0.3 is 0 Å². The summed E-state index contributed by atoms with van der Waals surface area (Å²) in [5.41, 5.74) is 1.13. The fraction of sp³-hybridized carbons (Fsp3) is 0.111. The number of halogens is 3.